The van der Waals surface area contributed by atoms with Gasteiger partial charge in [0.25, 0.3) is 5.56 Å². The first kappa shape index (κ1) is 13.4. The number of carboxylic acid groups (broad SMARTS) is 1. The van der Waals surface area contributed by atoms with Gasteiger partial charge in [-0.2, -0.15) is 0 Å². The van der Waals surface area contributed by atoms with Crippen LogP contribution in [0.25, 0.3) is 0 Å². The molecule has 0 aliphatic carbocycles. The molecule has 7 heteroatoms. The van der Waals surface area contributed by atoms with E-state index in [1.54, 1.807) is 10.8 Å². The monoisotopic (exact) mass is 280 g/mol. The van der Waals surface area contributed by atoms with Crippen molar-refractivity contribution in [3.8, 4) is 0 Å². The number of aromatic carboxylic acids is 1. The number of carboxylic acids is 1. The summed E-state index contributed by atoms with van der Waals surface area (Å²) in [6.07, 6.45) is 3.15. The summed E-state index contributed by atoms with van der Waals surface area (Å²) < 4.78 is 6.63. The second kappa shape index (κ2) is 5.31. The predicted molar refractivity (Wildman–Crippen MR) is 68.7 cm³/mol. The number of aromatic nitrogens is 2. The quantitative estimate of drug-likeness (QED) is 0.924. The predicted octanol–water partition coefficient (Wildman–Crippen LogP) is 2.27. The van der Waals surface area contributed by atoms with Crippen molar-refractivity contribution >= 4 is 17.7 Å². The highest BCUT2D eigenvalue weighted by Gasteiger charge is 2.13. The molecule has 19 heavy (non-hydrogen) atoms. The Bertz CT molecular complexity index is 660. The Balaban J connectivity index is 2.30. The molecule has 2 heterocycles. The average molecular weight is 280 g/mol. The van der Waals surface area contributed by atoms with Crippen molar-refractivity contribution in [1.82, 2.24) is 9.55 Å². The Morgan fingerprint density at radius 2 is 2.21 bits per heavy atom. The molecule has 6 nitrogen and oxygen atoms in total. The third-order valence-electron chi connectivity index (χ3n) is 2.38. The van der Waals surface area contributed by atoms with E-state index in [0.29, 0.717) is 5.09 Å². The normalized spacial score (nSPS) is 10.9. The van der Waals surface area contributed by atoms with Crippen LogP contribution in [0.4, 0.5) is 0 Å². The van der Waals surface area contributed by atoms with Gasteiger partial charge in [-0.3, -0.25) is 4.79 Å². The van der Waals surface area contributed by atoms with Crippen LogP contribution in [0.1, 0.15) is 30.4 Å². The zero-order valence-corrected chi connectivity index (χ0v) is 11.2. The molecule has 0 saturated heterocycles. The van der Waals surface area contributed by atoms with Gasteiger partial charge in [0.2, 0.25) is 5.76 Å². The smallest absolute Gasteiger partial charge is 0.371 e. The summed E-state index contributed by atoms with van der Waals surface area (Å²) in [7, 11) is 0. The van der Waals surface area contributed by atoms with E-state index in [4.69, 9.17) is 9.52 Å². The molecule has 2 rings (SSSR count). The average Bonchev–Trinajstić information content (AvgIpc) is 2.80. The lowest BCUT2D eigenvalue weighted by atomic mass is 10.4. The minimum Gasteiger partial charge on any atom is -0.475 e. The molecule has 0 saturated carbocycles. The van der Waals surface area contributed by atoms with Gasteiger partial charge in [0.1, 0.15) is 0 Å². The zero-order chi connectivity index (χ0) is 14.0. The van der Waals surface area contributed by atoms with Crippen molar-refractivity contribution < 1.29 is 14.3 Å². The van der Waals surface area contributed by atoms with Crippen LogP contribution >= 0.6 is 11.8 Å². The molecule has 0 spiro atoms. The van der Waals surface area contributed by atoms with Crippen LogP contribution in [0.3, 0.4) is 0 Å². The summed E-state index contributed by atoms with van der Waals surface area (Å²) in [6, 6.07) is 2.87. The highest BCUT2D eigenvalue weighted by Crippen LogP contribution is 2.25. The Labute approximate surface area is 113 Å². The van der Waals surface area contributed by atoms with Gasteiger partial charge in [0.05, 0.1) is 0 Å². The first-order valence-corrected chi connectivity index (χ1v) is 6.39. The summed E-state index contributed by atoms with van der Waals surface area (Å²) in [5.74, 6) is -1.31. The Hall–Kier alpha value is -2.02. The van der Waals surface area contributed by atoms with E-state index >= 15 is 0 Å². The van der Waals surface area contributed by atoms with Gasteiger partial charge >= 0.3 is 5.97 Å². The highest BCUT2D eigenvalue weighted by atomic mass is 32.2. The van der Waals surface area contributed by atoms with Crippen molar-refractivity contribution in [2.24, 2.45) is 0 Å². The van der Waals surface area contributed by atoms with Crippen molar-refractivity contribution in [3.05, 3.63) is 40.6 Å². The number of rotatable bonds is 4. The van der Waals surface area contributed by atoms with Gasteiger partial charge in [-0.1, -0.05) is 0 Å². The molecule has 0 amide bonds. The number of furan rings is 1. The summed E-state index contributed by atoms with van der Waals surface area (Å²) in [4.78, 5) is 26.8. The van der Waals surface area contributed by atoms with E-state index in [9.17, 15) is 9.59 Å². The Morgan fingerprint density at radius 1 is 1.47 bits per heavy atom. The molecular formula is C12H12N2O4S. The van der Waals surface area contributed by atoms with Crippen molar-refractivity contribution in [2.45, 2.75) is 30.0 Å². The topological polar surface area (TPSA) is 85.3 Å². The molecule has 0 aliphatic rings. The van der Waals surface area contributed by atoms with Crippen LogP contribution in [-0.4, -0.2) is 20.6 Å². The van der Waals surface area contributed by atoms with Gasteiger partial charge < -0.3 is 14.1 Å². The molecule has 0 bridgehead atoms. The maximum absolute atomic E-state index is 12.1. The summed E-state index contributed by atoms with van der Waals surface area (Å²) >= 11 is 1.01. The van der Waals surface area contributed by atoms with Crippen LogP contribution in [-0.2, 0) is 0 Å². The number of hydrogen-bond donors (Lipinski definition) is 1. The van der Waals surface area contributed by atoms with Gasteiger partial charge in [-0.05, 0) is 37.7 Å². The van der Waals surface area contributed by atoms with Crippen LogP contribution in [0.15, 0.2) is 43.9 Å². The zero-order valence-electron chi connectivity index (χ0n) is 10.4. The maximum atomic E-state index is 12.1. The minimum absolute atomic E-state index is 0.0287. The Kier molecular flexibility index (Phi) is 3.75. The molecule has 0 radical (unpaired) electrons. The van der Waals surface area contributed by atoms with Crippen LogP contribution in [0, 0.1) is 0 Å². The van der Waals surface area contributed by atoms with Gasteiger partial charge in [0.15, 0.2) is 10.1 Å². The van der Waals surface area contributed by atoms with Gasteiger partial charge in [-0.15, -0.1) is 0 Å². The SMILES string of the molecule is CC(C)n1ccnc(Sc2ccc(C(=O)O)o2)c1=O. The molecule has 2 aromatic heterocycles. The maximum Gasteiger partial charge on any atom is 0.371 e. The van der Waals surface area contributed by atoms with E-state index in [0.717, 1.165) is 11.8 Å². The van der Waals surface area contributed by atoms with E-state index in [2.05, 4.69) is 4.98 Å². The standard InChI is InChI=1S/C12H12N2O4S/c1-7(2)14-6-5-13-10(11(14)15)19-9-4-3-8(18-9)12(16)17/h3-7H,1-2H3,(H,16,17). The highest BCUT2D eigenvalue weighted by molar-refractivity contribution is 7.99. The fraction of sp³-hybridized carbons (Fsp3) is 0.250. The van der Waals surface area contributed by atoms with Crippen molar-refractivity contribution in [3.63, 3.8) is 0 Å². The number of hydrogen-bond acceptors (Lipinski definition) is 5. The van der Waals surface area contributed by atoms with Crippen LogP contribution < -0.4 is 5.56 Å². The van der Waals surface area contributed by atoms with E-state index in [1.165, 1.54) is 18.3 Å². The first-order valence-electron chi connectivity index (χ1n) is 5.57. The van der Waals surface area contributed by atoms with E-state index in [-0.39, 0.29) is 22.4 Å². The summed E-state index contributed by atoms with van der Waals surface area (Å²) in [6.45, 7) is 3.79. The summed E-state index contributed by atoms with van der Waals surface area (Å²) in [5.41, 5.74) is -0.226. The lowest BCUT2D eigenvalue weighted by molar-refractivity contribution is 0.0656. The Morgan fingerprint density at radius 3 is 2.79 bits per heavy atom. The third kappa shape index (κ3) is 2.87. The largest absolute Gasteiger partial charge is 0.475 e. The molecule has 0 aliphatic heterocycles. The van der Waals surface area contributed by atoms with Crippen molar-refractivity contribution in [2.75, 3.05) is 0 Å². The molecule has 100 valence electrons. The number of carbonyl (C=O) groups is 1. The van der Waals surface area contributed by atoms with Gasteiger partial charge in [0, 0.05) is 18.4 Å². The third-order valence-corrected chi connectivity index (χ3v) is 3.28. The van der Waals surface area contributed by atoms with Gasteiger partial charge in [-0.25, -0.2) is 9.78 Å². The fourth-order valence-electron chi connectivity index (χ4n) is 1.47. The molecular weight excluding hydrogens is 268 g/mol. The number of nitrogens with zero attached hydrogens (tertiary/aromatic N) is 2. The lowest BCUT2D eigenvalue weighted by Crippen LogP contribution is -2.23. The minimum atomic E-state index is -1.15. The first-order chi connectivity index (χ1) is 8.99. The van der Waals surface area contributed by atoms with E-state index < -0.39 is 5.97 Å². The van der Waals surface area contributed by atoms with E-state index in [1.807, 2.05) is 13.8 Å². The van der Waals surface area contributed by atoms with Crippen LogP contribution in [0.5, 0.6) is 0 Å². The summed E-state index contributed by atoms with van der Waals surface area (Å²) in [5, 5.41) is 9.33. The molecule has 0 unspecified atom stereocenters. The molecule has 0 aromatic carbocycles. The molecule has 0 fully saturated rings. The molecule has 0 atom stereocenters. The molecule has 2 aromatic rings. The second-order valence-electron chi connectivity index (χ2n) is 4.06. The lowest BCUT2D eigenvalue weighted by Gasteiger charge is -2.09. The second-order valence-corrected chi connectivity index (χ2v) is 5.06. The molecule has 1 N–H and O–H groups in total. The van der Waals surface area contributed by atoms with Crippen molar-refractivity contribution in [1.29, 1.82) is 0 Å². The van der Waals surface area contributed by atoms with Crippen LogP contribution in [0.2, 0.25) is 0 Å². The fourth-order valence-corrected chi connectivity index (χ4v) is 2.23.